The third kappa shape index (κ3) is 3.87. The minimum atomic E-state index is -0.0211. The van der Waals surface area contributed by atoms with Gasteiger partial charge in [0.05, 0.1) is 0 Å². The fourth-order valence-corrected chi connectivity index (χ4v) is 1.83. The topological polar surface area (TPSA) is 45.8 Å². The Bertz CT molecular complexity index is 505. The van der Waals surface area contributed by atoms with Crippen molar-refractivity contribution in [2.24, 2.45) is 0 Å². The van der Waals surface area contributed by atoms with Crippen molar-refractivity contribution >= 4 is 0 Å². The fraction of sp³-hybridized carbons (Fsp3) is 0.286. The number of H-pyrrole nitrogens is 1. The standard InChI is InChI=1S/C14H16N2O/c17-14-11-12(8-10-16-14)5-1-2-6-13-7-3-4-9-15-13/h3-4,7-11H,1-2,5-6H2,(H,16,17). The number of aromatic amines is 1. The number of hydrogen-bond acceptors (Lipinski definition) is 2. The van der Waals surface area contributed by atoms with E-state index in [4.69, 9.17) is 0 Å². The first-order valence-corrected chi connectivity index (χ1v) is 5.92. The van der Waals surface area contributed by atoms with E-state index < -0.39 is 0 Å². The summed E-state index contributed by atoms with van der Waals surface area (Å²) in [4.78, 5) is 18.0. The summed E-state index contributed by atoms with van der Waals surface area (Å²) >= 11 is 0. The molecule has 3 nitrogen and oxygen atoms in total. The first-order chi connectivity index (χ1) is 8.34. The van der Waals surface area contributed by atoms with Gasteiger partial charge in [0.25, 0.3) is 0 Å². The van der Waals surface area contributed by atoms with Crippen molar-refractivity contribution in [3.05, 3.63) is 64.3 Å². The number of aryl methyl sites for hydroxylation is 2. The molecule has 0 unspecified atom stereocenters. The molecule has 0 aliphatic rings. The largest absolute Gasteiger partial charge is 0.329 e. The molecule has 2 heterocycles. The Hall–Kier alpha value is -1.90. The molecule has 0 fully saturated rings. The predicted molar refractivity (Wildman–Crippen MR) is 67.9 cm³/mol. The third-order valence-corrected chi connectivity index (χ3v) is 2.71. The van der Waals surface area contributed by atoms with Crippen LogP contribution in [0.3, 0.4) is 0 Å². The lowest BCUT2D eigenvalue weighted by molar-refractivity contribution is 0.722. The van der Waals surface area contributed by atoms with Crippen LogP contribution in [0.2, 0.25) is 0 Å². The number of rotatable bonds is 5. The molecule has 0 bridgehead atoms. The maximum absolute atomic E-state index is 11.1. The SMILES string of the molecule is O=c1cc(CCCCc2ccccn2)cc[nH]1. The molecule has 0 amide bonds. The van der Waals surface area contributed by atoms with Gasteiger partial charge in [-0.1, -0.05) is 6.07 Å². The molecule has 2 aromatic heterocycles. The minimum absolute atomic E-state index is 0.0211. The highest BCUT2D eigenvalue weighted by molar-refractivity contribution is 5.10. The van der Waals surface area contributed by atoms with Gasteiger partial charge in [0.15, 0.2) is 0 Å². The Morgan fingerprint density at radius 3 is 2.76 bits per heavy atom. The van der Waals surface area contributed by atoms with Crippen molar-refractivity contribution in [2.45, 2.75) is 25.7 Å². The van der Waals surface area contributed by atoms with Gasteiger partial charge in [-0.05, 0) is 49.4 Å². The van der Waals surface area contributed by atoms with Crippen LogP contribution in [0.15, 0.2) is 47.5 Å². The van der Waals surface area contributed by atoms with E-state index >= 15 is 0 Å². The summed E-state index contributed by atoms with van der Waals surface area (Å²) in [5.41, 5.74) is 2.22. The summed E-state index contributed by atoms with van der Waals surface area (Å²) in [7, 11) is 0. The zero-order valence-electron chi connectivity index (χ0n) is 9.73. The Morgan fingerprint density at radius 2 is 2.00 bits per heavy atom. The second kappa shape index (κ2) is 5.99. The molecular weight excluding hydrogens is 212 g/mol. The summed E-state index contributed by atoms with van der Waals surface area (Å²) in [5, 5.41) is 0. The molecule has 88 valence electrons. The van der Waals surface area contributed by atoms with Gasteiger partial charge in [-0.3, -0.25) is 9.78 Å². The lowest BCUT2D eigenvalue weighted by Crippen LogP contribution is -2.04. The number of nitrogens with one attached hydrogen (secondary N) is 1. The molecule has 0 spiro atoms. The normalized spacial score (nSPS) is 10.4. The molecule has 3 heteroatoms. The van der Waals surface area contributed by atoms with Gasteiger partial charge in [0.1, 0.15) is 0 Å². The highest BCUT2D eigenvalue weighted by Crippen LogP contribution is 2.05. The van der Waals surface area contributed by atoms with Gasteiger partial charge in [-0.15, -0.1) is 0 Å². The third-order valence-electron chi connectivity index (χ3n) is 2.71. The molecule has 0 aliphatic heterocycles. The van der Waals surface area contributed by atoms with Crippen LogP contribution in [0.4, 0.5) is 0 Å². The van der Waals surface area contributed by atoms with Crippen molar-refractivity contribution < 1.29 is 0 Å². The lowest BCUT2D eigenvalue weighted by atomic mass is 10.1. The van der Waals surface area contributed by atoms with E-state index in [1.807, 2.05) is 30.5 Å². The van der Waals surface area contributed by atoms with Crippen molar-refractivity contribution in [1.82, 2.24) is 9.97 Å². The van der Waals surface area contributed by atoms with E-state index in [2.05, 4.69) is 9.97 Å². The number of pyridine rings is 2. The van der Waals surface area contributed by atoms with Gasteiger partial charge < -0.3 is 4.98 Å². The number of aromatic nitrogens is 2. The Balaban J connectivity index is 1.75. The smallest absolute Gasteiger partial charge is 0.248 e. The van der Waals surface area contributed by atoms with Crippen LogP contribution in [0.1, 0.15) is 24.1 Å². The van der Waals surface area contributed by atoms with Crippen molar-refractivity contribution in [3.63, 3.8) is 0 Å². The van der Waals surface area contributed by atoms with E-state index in [1.54, 1.807) is 12.3 Å². The molecule has 0 aromatic carbocycles. The molecule has 2 aromatic rings. The molecular formula is C14H16N2O. The molecule has 0 aliphatic carbocycles. The fourth-order valence-electron chi connectivity index (χ4n) is 1.83. The Morgan fingerprint density at radius 1 is 1.12 bits per heavy atom. The highest BCUT2D eigenvalue weighted by Gasteiger charge is 1.96. The molecule has 0 saturated heterocycles. The van der Waals surface area contributed by atoms with Gasteiger partial charge >= 0.3 is 0 Å². The van der Waals surface area contributed by atoms with Crippen LogP contribution >= 0.6 is 0 Å². The van der Waals surface area contributed by atoms with Crippen LogP contribution in [-0.2, 0) is 12.8 Å². The quantitative estimate of drug-likeness (QED) is 0.798. The minimum Gasteiger partial charge on any atom is -0.329 e. The Kier molecular flexibility index (Phi) is 4.08. The van der Waals surface area contributed by atoms with Crippen LogP contribution in [0, 0.1) is 0 Å². The number of nitrogens with zero attached hydrogens (tertiary/aromatic N) is 1. The number of unbranched alkanes of at least 4 members (excludes halogenated alkanes) is 1. The first-order valence-electron chi connectivity index (χ1n) is 5.92. The molecule has 1 N–H and O–H groups in total. The summed E-state index contributed by atoms with van der Waals surface area (Å²) < 4.78 is 0. The summed E-state index contributed by atoms with van der Waals surface area (Å²) in [6.07, 6.45) is 7.67. The van der Waals surface area contributed by atoms with Gasteiger partial charge in [0, 0.05) is 24.2 Å². The maximum atomic E-state index is 11.1. The summed E-state index contributed by atoms with van der Waals surface area (Å²) in [6.45, 7) is 0. The van der Waals surface area contributed by atoms with E-state index in [-0.39, 0.29) is 5.56 Å². The van der Waals surface area contributed by atoms with E-state index in [9.17, 15) is 4.79 Å². The number of hydrogen-bond donors (Lipinski definition) is 1. The van der Waals surface area contributed by atoms with E-state index in [0.29, 0.717) is 0 Å². The van der Waals surface area contributed by atoms with Crippen LogP contribution in [0.5, 0.6) is 0 Å². The zero-order valence-corrected chi connectivity index (χ0v) is 9.73. The molecule has 0 atom stereocenters. The molecule has 17 heavy (non-hydrogen) atoms. The molecule has 0 radical (unpaired) electrons. The summed E-state index contributed by atoms with van der Waals surface area (Å²) in [5.74, 6) is 0. The van der Waals surface area contributed by atoms with Crippen LogP contribution in [-0.4, -0.2) is 9.97 Å². The lowest BCUT2D eigenvalue weighted by Gasteiger charge is -2.01. The van der Waals surface area contributed by atoms with Crippen molar-refractivity contribution in [2.75, 3.05) is 0 Å². The van der Waals surface area contributed by atoms with Crippen LogP contribution in [0.25, 0.3) is 0 Å². The highest BCUT2D eigenvalue weighted by atomic mass is 16.1. The van der Waals surface area contributed by atoms with Gasteiger partial charge in [-0.2, -0.15) is 0 Å². The average Bonchev–Trinajstić information content (AvgIpc) is 2.36. The average molecular weight is 228 g/mol. The Labute approximate surface area is 101 Å². The van der Waals surface area contributed by atoms with Crippen molar-refractivity contribution in [3.8, 4) is 0 Å². The predicted octanol–water partition coefficient (Wildman–Crippen LogP) is 2.34. The van der Waals surface area contributed by atoms with E-state index in [0.717, 1.165) is 36.9 Å². The van der Waals surface area contributed by atoms with E-state index in [1.165, 1.54) is 0 Å². The second-order valence-corrected chi connectivity index (χ2v) is 4.09. The van der Waals surface area contributed by atoms with Crippen molar-refractivity contribution in [1.29, 1.82) is 0 Å². The van der Waals surface area contributed by atoms with Crippen LogP contribution < -0.4 is 5.56 Å². The molecule has 2 rings (SSSR count). The molecule has 0 saturated carbocycles. The first kappa shape index (κ1) is 11.6. The maximum Gasteiger partial charge on any atom is 0.248 e. The van der Waals surface area contributed by atoms with Gasteiger partial charge in [0.2, 0.25) is 5.56 Å². The second-order valence-electron chi connectivity index (χ2n) is 4.09. The van der Waals surface area contributed by atoms with Gasteiger partial charge in [-0.25, -0.2) is 0 Å². The monoisotopic (exact) mass is 228 g/mol. The summed E-state index contributed by atoms with van der Waals surface area (Å²) in [6, 6.07) is 9.62. The zero-order chi connectivity index (χ0) is 11.9.